The predicted octanol–water partition coefficient (Wildman–Crippen LogP) is 4.97. The monoisotopic (exact) mass is 433 g/mol. The van der Waals surface area contributed by atoms with E-state index < -0.39 is 11.4 Å². The number of carboxylic acids is 1. The van der Waals surface area contributed by atoms with Crippen LogP contribution in [0.25, 0.3) is 32.6 Å². The van der Waals surface area contributed by atoms with E-state index in [9.17, 15) is 14.7 Å². The highest BCUT2D eigenvalue weighted by molar-refractivity contribution is 7.17. The van der Waals surface area contributed by atoms with Gasteiger partial charge in [-0.15, -0.1) is 11.3 Å². The lowest BCUT2D eigenvalue weighted by atomic mass is 9.77. The number of thiophene rings is 1. The molecule has 6 nitrogen and oxygen atoms in total. The lowest BCUT2D eigenvalue weighted by Crippen LogP contribution is -2.32. The van der Waals surface area contributed by atoms with Crippen molar-refractivity contribution in [1.82, 2.24) is 14.3 Å². The van der Waals surface area contributed by atoms with Crippen molar-refractivity contribution in [1.29, 1.82) is 0 Å². The fourth-order valence-electron chi connectivity index (χ4n) is 4.67. The third-order valence-corrected chi connectivity index (χ3v) is 7.21. The van der Waals surface area contributed by atoms with E-state index in [0.29, 0.717) is 0 Å². The summed E-state index contributed by atoms with van der Waals surface area (Å²) >= 11 is 1.71. The molecule has 0 saturated carbocycles. The molecule has 7 heteroatoms. The molecule has 158 valence electrons. The van der Waals surface area contributed by atoms with Gasteiger partial charge in [-0.1, -0.05) is 20.8 Å². The number of hydrogen-bond acceptors (Lipinski definition) is 4. The van der Waals surface area contributed by atoms with Gasteiger partial charge in [0.1, 0.15) is 5.56 Å². The van der Waals surface area contributed by atoms with Crippen molar-refractivity contribution in [3.63, 3.8) is 0 Å². The van der Waals surface area contributed by atoms with Crippen LogP contribution in [-0.2, 0) is 13.5 Å². The highest BCUT2D eigenvalue weighted by Crippen LogP contribution is 2.47. The molecule has 4 aromatic rings. The molecule has 31 heavy (non-hydrogen) atoms. The Balaban J connectivity index is 1.88. The lowest BCUT2D eigenvalue weighted by Gasteiger charge is -2.39. The number of aromatic nitrogens is 3. The minimum Gasteiger partial charge on any atom is -0.477 e. The topological polar surface area (TPSA) is 77.1 Å². The van der Waals surface area contributed by atoms with Crippen molar-refractivity contribution in [2.45, 2.75) is 33.2 Å². The molecule has 0 fully saturated rings. The molecule has 5 rings (SSSR count). The third-order valence-electron chi connectivity index (χ3n) is 6.26. The zero-order valence-electron chi connectivity index (χ0n) is 17.8. The fraction of sp³-hybridized carbons (Fsp3) is 0.292. The fourth-order valence-corrected chi connectivity index (χ4v) is 5.62. The number of carbonyl (C=O) groups is 1. The van der Waals surface area contributed by atoms with Crippen molar-refractivity contribution in [2.75, 3.05) is 0 Å². The second kappa shape index (κ2) is 6.65. The molecule has 1 N–H and O–H groups in total. The summed E-state index contributed by atoms with van der Waals surface area (Å²) < 4.78 is 5.05. The standard InChI is InChI=1S/C24H23N3O3S/c1-24(2,3)21-10-14-13-6-8-31-22(13)16(18-5-7-25-26(18)4)9-15(14)19-11-20(28)17(23(29)30)12-27(19)21/h5-9,11-12,21H,10H2,1-4H3,(H,29,30)/t21-/m0/s1. The van der Waals surface area contributed by atoms with Gasteiger partial charge in [0.05, 0.1) is 11.4 Å². The van der Waals surface area contributed by atoms with E-state index in [1.165, 1.54) is 27.9 Å². The first-order chi connectivity index (χ1) is 14.7. The second-order valence-electron chi connectivity index (χ2n) is 9.19. The summed E-state index contributed by atoms with van der Waals surface area (Å²) in [7, 11) is 1.92. The molecule has 0 unspecified atom stereocenters. The maximum absolute atomic E-state index is 12.7. The van der Waals surface area contributed by atoms with Crippen LogP contribution in [0.4, 0.5) is 0 Å². The summed E-state index contributed by atoms with van der Waals surface area (Å²) in [4.78, 5) is 24.3. The molecule has 1 aliphatic rings. The number of benzene rings is 1. The molecule has 0 bridgehead atoms. The number of aryl methyl sites for hydroxylation is 1. The summed E-state index contributed by atoms with van der Waals surface area (Å²) in [6.07, 6.45) is 4.08. The molecule has 1 atom stereocenters. The maximum Gasteiger partial charge on any atom is 0.341 e. The average Bonchev–Trinajstić information content (AvgIpc) is 3.34. The second-order valence-corrected chi connectivity index (χ2v) is 10.1. The van der Waals surface area contributed by atoms with Gasteiger partial charge in [0, 0.05) is 47.4 Å². The number of aromatic carboxylic acids is 1. The van der Waals surface area contributed by atoms with Gasteiger partial charge in [-0.05, 0) is 46.4 Å². The van der Waals surface area contributed by atoms with Gasteiger partial charge in [0.2, 0.25) is 0 Å². The van der Waals surface area contributed by atoms with E-state index in [1.807, 2.05) is 22.4 Å². The molecular formula is C24H23N3O3S. The molecule has 1 aliphatic heterocycles. The zero-order chi connectivity index (χ0) is 22.1. The largest absolute Gasteiger partial charge is 0.477 e. The summed E-state index contributed by atoms with van der Waals surface area (Å²) in [6.45, 7) is 6.46. The summed E-state index contributed by atoms with van der Waals surface area (Å²) in [5.74, 6) is -1.19. The number of nitrogens with zero attached hydrogens (tertiary/aromatic N) is 3. The molecule has 1 aromatic carbocycles. The Labute approximate surface area is 183 Å². The van der Waals surface area contributed by atoms with Crippen LogP contribution in [0.1, 0.15) is 42.7 Å². The van der Waals surface area contributed by atoms with Gasteiger partial charge in [0.25, 0.3) is 0 Å². The Morgan fingerprint density at radius 1 is 1.19 bits per heavy atom. The molecule has 0 aliphatic carbocycles. The Morgan fingerprint density at radius 3 is 2.61 bits per heavy atom. The molecule has 0 radical (unpaired) electrons. The highest BCUT2D eigenvalue weighted by atomic mass is 32.1. The number of hydrogen-bond donors (Lipinski definition) is 1. The van der Waals surface area contributed by atoms with E-state index in [4.69, 9.17) is 0 Å². The van der Waals surface area contributed by atoms with E-state index in [-0.39, 0.29) is 17.0 Å². The molecular weight excluding hydrogens is 410 g/mol. The van der Waals surface area contributed by atoms with Gasteiger partial charge >= 0.3 is 5.97 Å². The summed E-state index contributed by atoms with van der Waals surface area (Å²) in [5.41, 5.74) is 4.26. The highest BCUT2D eigenvalue weighted by Gasteiger charge is 2.35. The van der Waals surface area contributed by atoms with Gasteiger partial charge in [-0.25, -0.2) is 4.79 Å². The first-order valence-electron chi connectivity index (χ1n) is 10.2. The van der Waals surface area contributed by atoms with Crippen LogP contribution in [0, 0.1) is 5.41 Å². The van der Waals surface area contributed by atoms with Gasteiger partial charge in [-0.3, -0.25) is 9.48 Å². The van der Waals surface area contributed by atoms with Crippen molar-refractivity contribution < 1.29 is 9.90 Å². The molecule has 0 saturated heterocycles. The molecule has 0 spiro atoms. The van der Waals surface area contributed by atoms with Crippen LogP contribution in [0.15, 0.2) is 46.8 Å². The van der Waals surface area contributed by atoms with E-state index >= 15 is 0 Å². The Hall–Kier alpha value is -3.19. The van der Waals surface area contributed by atoms with Crippen LogP contribution >= 0.6 is 11.3 Å². The first kappa shape index (κ1) is 19.8. The smallest absolute Gasteiger partial charge is 0.341 e. The van der Waals surface area contributed by atoms with Gasteiger partial charge in [0.15, 0.2) is 5.43 Å². The van der Waals surface area contributed by atoms with Crippen molar-refractivity contribution in [3.8, 4) is 22.5 Å². The average molecular weight is 434 g/mol. The number of pyridine rings is 1. The predicted molar refractivity (Wildman–Crippen MR) is 123 cm³/mol. The van der Waals surface area contributed by atoms with E-state index in [1.54, 1.807) is 17.5 Å². The third kappa shape index (κ3) is 2.95. The zero-order valence-corrected chi connectivity index (χ0v) is 18.7. The lowest BCUT2D eigenvalue weighted by molar-refractivity contribution is 0.0693. The maximum atomic E-state index is 12.7. The number of carboxylic acid groups (broad SMARTS) is 1. The Morgan fingerprint density at radius 2 is 1.97 bits per heavy atom. The van der Waals surface area contributed by atoms with Gasteiger partial charge < -0.3 is 9.67 Å². The van der Waals surface area contributed by atoms with Crippen LogP contribution < -0.4 is 5.43 Å². The van der Waals surface area contributed by atoms with Crippen LogP contribution in [0.5, 0.6) is 0 Å². The first-order valence-corrected chi connectivity index (χ1v) is 11.1. The van der Waals surface area contributed by atoms with Crippen LogP contribution in [0.3, 0.4) is 0 Å². The molecule has 4 heterocycles. The molecule has 0 amide bonds. The Kier molecular flexibility index (Phi) is 4.24. The van der Waals surface area contributed by atoms with Crippen molar-refractivity contribution in [3.05, 3.63) is 63.4 Å². The minimum atomic E-state index is -1.19. The number of fused-ring (bicyclic) bond motifs is 5. The summed E-state index contributed by atoms with van der Waals surface area (Å²) in [5, 5.41) is 17.2. The van der Waals surface area contributed by atoms with E-state index in [2.05, 4.69) is 43.4 Å². The Bertz CT molecular complexity index is 1420. The number of rotatable bonds is 2. The normalized spacial score (nSPS) is 15.7. The van der Waals surface area contributed by atoms with Gasteiger partial charge in [-0.2, -0.15) is 5.10 Å². The SMILES string of the molecule is Cn1nccc1-c1cc2c(c3ccsc13)C[C@@H](C(C)(C)C)n1cc(C(=O)O)c(=O)cc1-2. The van der Waals surface area contributed by atoms with Crippen LogP contribution in [-0.4, -0.2) is 25.4 Å². The van der Waals surface area contributed by atoms with Crippen molar-refractivity contribution in [2.24, 2.45) is 12.5 Å². The molecule has 3 aromatic heterocycles. The van der Waals surface area contributed by atoms with Crippen molar-refractivity contribution >= 4 is 27.4 Å². The minimum absolute atomic E-state index is 0.0272. The van der Waals surface area contributed by atoms with Crippen LogP contribution in [0.2, 0.25) is 0 Å². The quantitative estimate of drug-likeness (QED) is 0.484. The van der Waals surface area contributed by atoms with E-state index in [0.717, 1.165) is 28.9 Å². The summed E-state index contributed by atoms with van der Waals surface area (Å²) in [6, 6.07) is 7.79.